The van der Waals surface area contributed by atoms with Crippen LogP contribution >= 0.6 is 7.82 Å². The van der Waals surface area contributed by atoms with Gasteiger partial charge < -0.3 is 27.9 Å². The van der Waals surface area contributed by atoms with Crippen molar-refractivity contribution in [2.24, 2.45) is 0 Å². The average Bonchev–Trinajstić information content (AvgIpc) is 2.88. The minimum atomic E-state index is -4.58. The van der Waals surface area contributed by atoms with E-state index >= 15 is 0 Å². The molecule has 0 saturated heterocycles. The molecule has 2 unspecified atom stereocenters. The topological polar surface area (TPSA) is 111 Å². The highest BCUT2D eigenvalue weighted by Gasteiger charge is 2.21. The summed E-state index contributed by atoms with van der Waals surface area (Å²) in [6.07, 6.45) is 24.3. The molecule has 10 heteroatoms. The Morgan fingerprint density at radius 2 is 1.37 bits per heavy atom. The molecule has 0 spiro atoms. The Hall–Kier alpha value is -1.51. The van der Waals surface area contributed by atoms with E-state index in [0.29, 0.717) is 17.4 Å². The van der Waals surface area contributed by atoms with Crippen LogP contribution in [0.4, 0.5) is 0 Å². The van der Waals surface area contributed by atoms with Crippen molar-refractivity contribution in [3.63, 3.8) is 0 Å². The van der Waals surface area contributed by atoms with Gasteiger partial charge in [-0.05, 0) is 38.5 Å². The molecule has 0 aromatic rings. The van der Waals surface area contributed by atoms with Gasteiger partial charge in [0.25, 0.3) is 7.82 Å². The first-order chi connectivity index (χ1) is 19.4. The van der Waals surface area contributed by atoms with Crippen molar-refractivity contribution in [2.45, 2.75) is 116 Å². The molecular weight excluding hydrogens is 545 g/mol. The molecule has 0 rings (SSSR count). The molecule has 0 N–H and O–H groups in total. The van der Waals surface area contributed by atoms with E-state index < -0.39 is 32.5 Å². The lowest BCUT2D eigenvalue weighted by molar-refractivity contribution is -0.870. The number of phosphoric ester groups is 1. The minimum Gasteiger partial charge on any atom is -0.756 e. The molecule has 2 atom stereocenters. The van der Waals surface area contributed by atoms with E-state index in [1.165, 1.54) is 58.3 Å². The molecule has 9 nitrogen and oxygen atoms in total. The van der Waals surface area contributed by atoms with Crippen LogP contribution in [-0.2, 0) is 32.7 Å². The molecule has 0 fully saturated rings. The van der Waals surface area contributed by atoms with Crippen LogP contribution in [0.5, 0.6) is 0 Å². The number of ether oxygens (including phenoxy) is 2. The second-order valence-corrected chi connectivity index (χ2v) is 13.0. The molecule has 0 aliphatic rings. The summed E-state index contributed by atoms with van der Waals surface area (Å²) in [6, 6.07) is 0. The van der Waals surface area contributed by atoms with Gasteiger partial charge in [0.15, 0.2) is 6.10 Å². The number of hydrogen-bond acceptors (Lipinski definition) is 8. The number of unbranched alkanes of at least 4 members (excludes halogenated alkanes) is 11. The highest BCUT2D eigenvalue weighted by Crippen LogP contribution is 2.38. The fourth-order valence-corrected chi connectivity index (χ4v) is 4.55. The van der Waals surface area contributed by atoms with Crippen molar-refractivity contribution in [1.82, 2.24) is 0 Å². The largest absolute Gasteiger partial charge is 0.756 e. The Morgan fingerprint density at radius 3 is 1.93 bits per heavy atom. The Labute approximate surface area is 249 Å². The summed E-state index contributed by atoms with van der Waals surface area (Å²) in [6.45, 7) is 3.13. The number of rotatable bonds is 27. The number of likely N-dealkylation sites (N-methyl/N-ethyl adjacent to an activating group) is 1. The lowest BCUT2D eigenvalue weighted by Crippen LogP contribution is -2.37. The molecule has 0 bridgehead atoms. The van der Waals surface area contributed by atoms with E-state index in [1.54, 1.807) is 0 Å². The molecule has 41 heavy (non-hydrogen) atoms. The van der Waals surface area contributed by atoms with Gasteiger partial charge in [0.2, 0.25) is 0 Å². The highest BCUT2D eigenvalue weighted by atomic mass is 31.2. The number of phosphoric acid groups is 1. The summed E-state index contributed by atoms with van der Waals surface area (Å²) in [5.74, 6) is -1.04. The number of carbonyl (C=O) groups excluding carboxylic acids is 2. The maximum Gasteiger partial charge on any atom is 0.306 e. The first-order valence-corrected chi connectivity index (χ1v) is 16.9. The first-order valence-electron chi connectivity index (χ1n) is 15.5. The molecule has 0 aromatic carbocycles. The van der Waals surface area contributed by atoms with Crippen molar-refractivity contribution >= 4 is 19.8 Å². The van der Waals surface area contributed by atoms with E-state index in [1.807, 2.05) is 21.1 Å². The molecule has 0 aliphatic carbocycles. The SMILES string of the molecule is CCCCCC/C=C\C/C=C\CCCCCCCCCC(=O)OC(COC(C)=O)COP(=O)([O-])OCC[N+](C)(C)C. The molecule has 0 radical (unpaired) electrons. The Kier molecular flexibility index (Phi) is 24.1. The average molecular weight is 604 g/mol. The van der Waals surface area contributed by atoms with E-state index in [0.717, 1.165) is 32.1 Å². The highest BCUT2D eigenvalue weighted by molar-refractivity contribution is 7.45. The fraction of sp³-hybridized carbons (Fsp3) is 0.806. The molecule has 0 aromatic heterocycles. The zero-order valence-corrected chi connectivity index (χ0v) is 27.4. The maximum absolute atomic E-state index is 12.3. The van der Waals surface area contributed by atoms with Crippen molar-refractivity contribution in [3.05, 3.63) is 24.3 Å². The second-order valence-electron chi connectivity index (χ2n) is 11.5. The lowest BCUT2D eigenvalue weighted by Gasteiger charge is -2.28. The van der Waals surface area contributed by atoms with Gasteiger partial charge in [0, 0.05) is 13.3 Å². The fourth-order valence-electron chi connectivity index (χ4n) is 3.82. The summed E-state index contributed by atoms with van der Waals surface area (Å²) in [4.78, 5) is 35.5. The predicted octanol–water partition coefficient (Wildman–Crippen LogP) is 6.65. The third kappa shape index (κ3) is 29.8. The zero-order valence-electron chi connectivity index (χ0n) is 26.5. The number of esters is 2. The summed E-state index contributed by atoms with van der Waals surface area (Å²) in [5, 5.41) is 0. The number of quaternary nitrogens is 1. The number of hydrogen-bond donors (Lipinski definition) is 0. The Morgan fingerprint density at radius 1 is 0.805 bits per heavy atom. The van der Waals surface area contributed by atoms with Gasteiger partial charge in [0.1, 0.15) is 19.8 Å². The van der Waals surface area contributed by atoms with Crippen molar-refractivity contribution in [2.75, 3.05) is 47.5 Å². The third-order valence-electron chi connectivity index (χ3n) is 6.28. The van der Waals surface area contributed by atoms with Crippen LogP contribution in [0, 0.1) is 0 Å². The predicted molar refractivity (Wildman–Crippen MR) is 162 cm³/mol. The van der Waals surface area contributed by atoms with Crippen LogP contribution in [-0.4, -0.2) is 70.0 Å². The van der Waals surface area contributed by atoms with E-state index in [4.69, 9.17) is 18.5 Å². The molecule has 0 aliphatic heterocycles. The van der Waals surface area contributed by atoms with Gasteiger partial charge in [-0.25, -0.2) is 0 Å². The van der Waals surface area contributed by atoms with Crippen LogP contribution in [0.1, 0.15) is 110 Å². The zero-order chi connectivity index (χ0) is 30.8. The van der Waals surface area contributed by atoms with Gasteiger partial charge in [-0.15, -0.1) is 0 Å². The van der Waals surface area contributed by atoms with Gasteiger partial charge in [-0.3, -0.25) is 14.2 Å². The van der Waals surface area contributed by atoms with E-state index in [9.17, 15) is 19.0 Å². The Balaban J connectivity index is 3.99. The van der Waals surface area contributed by atoms with E-state index in [2.05, 4.69) is 31.2 Å². The summed E-state index contributed by atoms with van der Waals surface area (Å²) in [5.41, 5.74) is 0. The normalized spacial score (nSPS) is 14.4. The lowest BCUT2D eigenvalue weighted by atomic mass is 10.1. The molecule has 0 heterocycles. The smallest absolute Gasteiger partial charge is 0.306 e. The first kappa shape index (κ1) is 39.5. The number of carbonyl (C=O) groups is 2. The van der Waals surface area contributed by atoms with Gasteiger partial charge >= 0.3 is 11.9 Å². The molecule has 240 valence electrons. The maximum atomic E-state index is 12.3. The quantitative estimate of drug-likeness (QED) is 0.0337. The van der Waals surface area contributed by atoms with Crippen LogP contribution < -0.4 is 4.89 Å². The van der Waals surface area contributed by atoms with Crippen molar-refractivity contribution in [1.29, 1.82) is 0 Å². The summed E-state index contributed by atoms with van der Waals surface area (Å²) < 4.78 is 32.5. The van der Waals surface area contributed by atoms with Crippen LogP contribution in [0.2, 0.25) is 0 Å². The molecule has 0 amide bonds. The van der Waals surface area contributed by atoms with Crippen molar-refractivity contribution in [3.8, 4) is 0 Å². The van der Waals surface area contributed by atoms with Gasteiger partial charge in [0.05, 0.1) is 27.7 Å². The molecule has 0 saturated carbocycles. The number of nitrogens with zero attached hydrogens (tertiary/aromatic N) is 1. The number of allylic oxidation sites excluding steroid dienone is 4. The monoisotopic (exact) mass is 603 g/mol. The third-order valence-corrected chi connectivity index (χ3v) is 7.25. The van der Waals surface area contributed by atoms with Gasteiger partial charge in [-0.1, -0.05) is 82.6 Å². The van der Waals surface area contributed by atoms with Crippen LogP contribution in [0.3, 0.4) is 0 Å². The van der Waals surface area contributed by atoms with Gasteiger partial charge in [-0.2, -0.15) is 0 Å². The standard InChI is InChI=1S/C31H58NO8P/c1-6-7-8-9-10-11-12-13-14-15-16-17-18-19-20-21-22-23-24-31(34)40-30(27-37-29(2)33)28-39-41(35,36)38-26-25-32(3,4)5/h11-12,14-15,30H,6-10,13,16-28H2,1-5H3/b12-11-,15-14-. The molecular formula is C31H58NO8P. The van der Waals surface area contributed by atoms with Crippen molar-refractivity contribution < 1.29 is 42.1 Å². The minimum absolute atomic E-state index is 0.0348. The van der Waals surface area contributed by atoms with E-state index in [-0.39, 0.29) is 19.6 Å². The summed E-state index contributed by atoms with van der Waals surface area (Å²) >= 11 is 0. The summed E-state index contributed by atoms with van der Waals surface area (Å²) in [7, 11) is 1.15. The Bertz CT molecular complexity index is 779. The van der Waals surface area contributed by atoms with Crippen LogP contribution in [0.15, 0.2) is 24.3 Å². The van der Waals surface area contributed by atoms with Crippen LogP contribution in [0.25, 0.3) is 0 Å². The second kappa shape index (κ2) is 25.0.